The molecule has 1 rings (SSSR count). The number of ether oxygens (including phenoxy) is 1. The normalized spacial score (nSPS) is 10.4. The molecule has 0 radical (unpaired) electrons. The summed E-state index contributed by atoms with van der Waals surface area (Å²) in [5, 5.41) is 3.02. The highest BCUT2D eigenvalue weighted by Gasteiger charge is 2.24. The van der Waals surface area contributed by atoms with Crippen molar-refractivity contribution in [1.82, 2.24) is 0 Å². The molecule has 0 aliphatic rings. The number of hydrogen-bond acceptors (Lipinski definition) is 2. The summed E-state index contributed by atoms with van der Waals surface area (Å²) in [4.78, 5) is 0. The first-order valence-corrected chi connectivity index (χ1v) is 6.26. The lowest BCUT2D eigenvalue weighted by atomic mass is 10.0. The quantitative estimate of drug-likeness (QED) is 0.852. The number of rotatable bonds is 4. The van der Waals surface area contributed by atoms with E-state index in [2.05, 4.69) is 10.1 Å². The van der Waals surface area contributed by atoms with Crippen LogP contribution in [0.4, 0.5) is 14.5 Å². The topological polar surface area (TPSA) is 21.3 Å². The zero-order valence-corrected chi connectivity index (χ0v) is 12.0. The standard InChI is InChI=1S/C12H17F2NO.C2H6/c1-5-9-6-7-10(16-12(3,13)14)8(2)11(9)15-4;1-2/h6-7,15H,5H2,1-4H3;1-2H3. The highest BCUT2D eigenvalue weighted by Crippen LogP contribution is 2.32. The van der Waals surface area contributed by atoms with Gasteiger partial charge in [-0.05, 0) is 25.0 Å². The Morgan fingerprint density at radius 1 is 1.28 bits per heavy atom. The molecule has 0 aromatic heterocycles. The average molecular weight is 259 g/mol. The molecular formula is C14H23F2NO. The van der Waals surface area contributed by atoms with Gasteiger partial charge in [0.25, 0.3) is 0 Å². The SMILES string of the molecule is CC.CCc1ccc(OC(C)(F)F)c(C)c1NC. The lowest BCUT2D eigenvalue weighted by Gasteiger charge is -2.18. The van der Waals surface area contributed by atoms with Gasteiger partial charge in [-0.25, -0.2) is 0 Å². The molecule has 0 aliphatic heterocycles. The summed E-state index contributed by atoms with van der Waals surface area (Å²) in [6, 6.07) is 3.40. The van der Waals surface area contributed by atoms with E-state index in [0.29, 0.717) is 5.56 Å². The number of benzene rings is 1. The summed E-state index contributed by atoms with van der Waals surface area (Å²) >= 11 is 0. The molecular weight excluding hydrogens is 236 g/mol. The Morgan fingerprint density at radius 2 is 1.83 bits per heavy atom. The Morgan fingerprint density at radius 3 is 2.22 bits per heavy atom. The summed E-state index contributed by atoms with van der Waals surface area (Å²) in [6.07, 6.45) is -2.30. The molecule has 4 heteroatoms. The van der Waals surface area contributed by atoms with E-state index in [0.717, 1.165) is 24.6 Å². The van der Waals surface area contributed by atoms with E-state index in [1.165, 1.54) is 0 Å². The van der Waals surface area contributed by atoms with Gasteiger partial charge in [0.1, 0.15) is 5.75 Å². The number of aryl methyl sites for hydroxylation is 1. The van der Waals surface area contributed by atoms with Gasteiger partial charge in [-0.15, -0.1) is 0 Å². The number of halogens is 2. The first-order chi connectivity index (χ1) is 8.39. The van der Waals surface area contributed by atoms with Gasteiger partial charge in [-0.3, -0.25) is 0 Å². The van der Waals surface area contributed by atoms with E-state index in [1.807, 2.05) is 20.8 Å². The summed E-state index contributed by atoms with van der Waals surface area (Å²) in [6.45, 7) is 8.52. The third-order valence-electron chi connectivity index (χ3n) is 2.42. The van der Waals surface area contributed by atoms with Crippen molar-refractivity contribution in [3.05, 3.63) is 23.3 Å². The molecule has 18 heavy (non-hydrogen) atoms. The van der Waals surface area contributed by atoms with Crippen LogP contribution in [0.2, 0.25) is 0 Å². The molecule has 0 unspecified atom stereocenters. The van der Waals surface area contributed by atoms with Crippen molar-refractivity contribution >= 4 is 5.69 Å². The maximum Gasteiger partial charge on any atom is 0.394 e. The monoisotopic (exact) mass is 259 g/mol. The van der Waals surface area contributed by atoms with E-state index >= 15 is 0 Å². The summed E-state index contributed by atoms with van der Waals surface area (Å²) < 4.78 is 30.1. The van der Waals surface area contributed by atoms with Crippen molar-refractivity contribution in [2.75, 3.05) is 12.4 Å². The van der Waals surface area contributed by atoms with Crippen LogP contribution in [0, 0.1) is 6.92 Å². The fraction of sp³-hybridized carbons (Fsp3) is 0.571. The second-order valence-corrected chi connectivity index (χ2v) is 3.74. The van der Waals surface area contributed by atoms with Crippen LogP contribution in [-0.2, 0) is 6.42 Å². The smallest absolute Gasteiger partial charge is 0.394 e. The van der Waals surface area contributed by atoms with Gasteiger partial charge < -0.3 is 10.1 Å². The van der Waals surface area contributed by atoms with E-state index in [9.17, 15) is 8.78 Å². The Kier molecular flexibility index (Phi) is 6.66. The third-order valence-corrected chi connectivity index (χ3v) is 2.42. The first-order valence-electron chi connectivity index (χ1n) is 6.26. The van der Waals surface area contributed by atoms with Gasteiger partial charge in [-0.1, -0.05) is 26.8 Å². The van der Waals surface area contributed by atoms with Crippen molar-refractivity contribution in [2.45, 2.75) is 47.1 Å². The van der Waals surface area contributed by atoms with E-state index in [1.54, 1.807) is 26.1 Å². The predicted molar refractivity (Wildman–Crippen MR) is 72.7 cm³/mol. The number of anilines is 1. The molecule has 0 aliphatic carbocycles. The van der Waals surface area contributed by atoms with Gasteiger partial charge in [-0.2, -0.15) is 8.78 Å². The lowest BCUT2D eigenvalue weighted by Crippen LogP contribution is -2.20. The maximum absolute atomic E-state index is 12.8. The van der Waals surface area contributed by atoms with Crippen LogP contribution in [0.25, 0.3) is 0 Å². The second kappa shape index (κ2) is 7.19. The summed E-state index contributed by atoms with van der Waals surface area (Å²) in [5.74, 6) is 0.217. The number of alkyl halides is 2. The highest BCUT2D eigenvalue weighted by atomic mass is 19.3. The van der Waals surface area contributed by atoms with Crippen molar-refractivity contribution < 1.29 is 13.5 Å². The molecule has 104 valence electrons. The highest BCUT2D eigenvalue weighted by molar-refractivity contribution is 5.62. The average Bonchev–Trinajstić information content (AvgIpc) is 2.32. The largest absolute Gasteiger partial charge is 0.432 e. The van der Waals surface area contributed by atoms with Crippen molar-refractivity contribution in [2.24, 2.45) is 0 Å². The van der Waals surface area contributed by atoms with Crippen LogP contribution in [-0.4, -0.2) is 13.2 Å². The number of hydrogen-bond donors (Lipinski definition) is 1. The summed E-state index contributed by atoms with van der Waals surface area (Å²) in [7, 11) is 1.77. The minimum atomic E-state index is -3.15. The van der Waals surface area contributed by atoms with Crippen molar-refractivity contribution in [3.63, 3.8) is 0 Å². The summed E-state index contributed by atoms with van der Waals surface area (Å²) in [5.41, 5.74) is 2.67. The Bertz CT molecular complexity index is 373. The molecule has 0 heterocycles. The fourth-order valence-electron chi connectivity index (χ4n) is 1.69. The van der Waals surface area contributed by atoms with Gasteiger partial charge in [0.15, 0.2) is 0 Å². The van der Waals surface area contributed by atoms with Crippen LogP contribution >= 0.6 is 0 Å². The second-order valence-electron chi connectivity index (χ2n) is 3.74. The molecule has 0 bridgehead atoms. The van der Waals surface area contributed by atoms with Gasteiger partial charge in [0, 0.05) is 25.2 Å². The van der Waals surface area contributed by atoms with Crippen LogP contribution in [0.1, 0.15) is 38.8 Å². The molecule has 1 N–H and O–H groups in total. The van der Waals surface area contributed by atoms with Gasteiger partial charge in [0.2, 0.25) is 0 Å². The third kappa shape index (κ3) is 4.51. The fourth-order valence-corrected chi connectivity index (χ4v) is 1.69. The Labute approximate surface area is 108 Å². The maximum atomic E-state index is 12.8. The van der Waals surface area contributed by atoms with Crippen LogP contribution in [0.3, 0.4) is 0 Å². The van der Waals surface area contributed by atoms with Crippen molar-refractivity contribution in [3.8, 4) is 5.75 Å². The predicted octanol–water partition coefficient (Wildman–Crippen LogP) is 4.62. The van der Waals surface area contributed by atoms with E-state index in [-0.39, 0.29) is 5.75 Å². The molecule has 0 saturated carbocycles. The Balaban J connectivity index is 0.00000137. The Hall–Kier alpha value is -1.32. The molecule has 0 spiro atoms. The molecule has 2 nitrogen and oxygen atoms in total. The minimum absolute atomic E-state index is 0.217. The molecule has 0 saturated heterocycles. The van der Waals surface area contributed by atoms with Crippen LogP contribution in [0.15, 0.2) is 12.1 Å². The van der Waals surface area contributed by atoms with E-state index in [4.69, 9.17) is 0 Å². The zero-order chi connectivity index (χ0) is 14.3. The minimum Gasteiger partial charge on any atom is -0.432 e. The number of nitrogens with one attached hydrogen (secondary N) is 1. The van der Waals surface area contributed by atoms with E-state index < -0.39 is 6.11 Å². The lowest BCUT2D eigenvalue weighted by molar-refractivity contribution is -0.159. The van der Waals surface area contributed by atoms with Crippen molar-refractivity contribution in [1.29, 1.82) is 0 Å². The molecule has 1 aromatic rings. The first kappa shape index (κ1) is 16.7. The molecule has 0 amide bonds. The van der Waals surface area contributed by atoms with Gasteiger partial charge >= 0.3 is 6.11 Å². The van der Waals surface area contributed by atoms with Crippen LogP contribution < -0.4 is 10.1 Å². The van der Waals surface area contributed by atoms with Gasteiger partial charge in [0.05, 0.1) is 0 Å². The van der Waals surface area contributed by atoms with Crippen LogP contribution in [0.5, 0.6) is 5.75 Å². The molecule has 0 fully saturated rings. The zero-order valence-electron chi connectivity index (χ0n) is 12.0. The molecule has 0 atom stereocenters. The molecule has 1 aromatic carbocycles.